The van der Waals surface area contributed by atoms with Gasteiger partial charge in [-0.3, -0.25) is 4.90 Å². The summed E-state index contributed by atoms with van der Waals surface area (Å²) in [7, 11) is 1.62. The Hall–Kier alpha value is -1.13. The summed E-state index contributed by atoms with van der Waals surface area (Å²) >= 11 is 0. The maximum Gasteiger partial charge on any atom is 0.213 e. The smallest absolute Gasteiger partial charge is 0.213 e. The van der Waals surface area contributed by atoms with Crippen molar-refractivity contribution < 1.29 is 9.84 Å². The van der Waals surface area contributed by atoms with E-state index in [-0.39, 0.29) is 6.10 Å². The van der Waals surface area contributed by atoms with Crippen LogP contribution in [-0.2, 0) is 6.54 Å². The maximum atomic E-state index is 9.39. The zero-order chi connectivity index (χ0) is 10.7. The fourth-order valence-electron chi connectivity index (χ4n) is 1.84. The van der Waals surface area contributed by atoms with Crippen molar-refractivity contribution in [3.63, 3.8) is 0 Å². The van der Waals surface area contributed by atoms with Gasteiger partial charge >= 0.3 is 0 Å². The second-order valence-corrected chi connectivity index (χ2v) is 3.85. The number of aromatic nitrogens is 1. The van der Waals surface area contributed by atoms with Crippen molar-refractivity contribution in [3.8, 4) is 5.88 Å². The van der Waals surface area contributed by atoms with Gasteiger partial charge in [0.2, 0.25) is 5.88 Å². The van der Waals surface area contributed by atoms with E-state index in [1.54, 1.807) is 7.11 Å². The Morgan fingerprint density at radius 1 is 1.60 bits per heavy atom. The first-order valence-corrected chi connectivity index (χ1v) is 5.18. The number of aliphatic hydroxyl groups is 1. The molecular weight excluding hydrogens is 192 g/mol. The molecule has 0 spiro atoms. The first kappa shape index (κ1) is 10.4. The summed E-state index contributed by atoms with van der Waals surface area (Å²) in [6.45, 7) is 2.48. The highest BCUT2D eigenvalue weighted by molar-refractivity contribution is 5.15. The Morgan fingerprint density at radius 2 is 2.47 bits per heavy atom. The van der Waals surface area contributed by atoms with Crippen LogP contribution >= 0.6 is 0 Å². The molecule has 0 aliphatic carbocycles. The third-order valence-corrected chi connectivity index (χ3v) is 2.62. The second-order valence-electron chi connectivity index (χ2n) is 3.85. The van der Waals surface area contributed by atoms with Crippen LogP contribution in [0, 0.1) is 0 Å². The van der Waals surface area contributed by atoms with Gasteiger partial charge in [0, 0.05) is 25.7 Å². The second kappa shape index (κ2) is 4.59. The topological polar surface area (TPSA) is 45.6 Å². The fraction of sp³-hybridized carbons (Fsp3) is 0.545. The number of nitrogens with zero attached hydrogens (tertiary/aromatic N) is 2. The average molecular weight is 208 g/mol. The van der Waals surface area contributed by atoms with E-state index in [1.807, 2.05) is 18.2 Å². The normalized spacial score (nSPS) is 21.9. The van der Waals surface area contributed by atoms with E-state index < -0.39 is 0 Å². The monoisotopic (exact) mass is 208 g/mol. The lowest BCUT2D eigenvalue weighted by molar-refractivity contribution is 0.174. The van der Waals surface area contributed by atoms with Gasteiger partial charge in [0.1, 0.15) is 0 Å². The lowest BCUT2D eigenvalue weighted by atomic mass is 10.3. The van der Waals surface area contributed by atoms with Crippen molar-refractivity contribution in [1.29, 1.82) is 0 Å². The maximum absolute atomic E-state index is 9.39. The van der Waals surface area contributed by atoms with E-state index in [0.717, 1.165) is 31.7 Å². The zero-order valence-electron chi connectivity index (χ0n) is 8.89. The quantitative estimate of drug-likeness (QED) is 0.792. The Labute approximate surface area is 89.5 Å². The van der Waals surface area contributed by atoms with Gasteiger partial charge in [-0.2, -0.15) is 0 Å². The molecule has 1 saturated heterocycles. The Balaban J connectivity index is 1.98. The number of β-amino-alcohol motifs (C(OH)–C–C–N with tert-alkyl or cyclic N) is 1. The molecule has 1 fully saturated rings. The van der Waals surface area contributed by atoms with Crippen LogP contribution in [0.2, 0.25) is 0 Å². The molecule has 1 atom stereocenters. The number of pyridine rings is 1. The number of rotatable bonds is 3. The van der Waals surface area contributed by atoms with Gasteiger partial charge in [0.15, 0.2) is 0 Å². The summed E-state index contributed by atoms with van der Waals surface area (Å²) in [5.74, 6) is 0.646. The van der Waals surface area contributed by atoms with Gasteiger partial charge in [-0.05, 0) is 12.5 Å². The molecular formula is C11H16N2O2. The van der Waals surface area contributed by atoms with Crippen LogP contribution in [0.25, 0.3) is 0 Å². The molecule has 0 radical (unpaired) electrons. The third kappa shape index (κ3) is 2.67. The Kier molecular flexibility index (Phi) is 3.18. The van der Waals surface area contributed by atoms with E-state index in [1.165, 1.54) is 0 Å². The lowest BCUT2D eigenvalue weighted by Gasteiger charge is -2.14. The highest BCUT2D eigenvalue weighted by Gasteiger charge is 2.20. The van der Waals surface area contributed by atoms with E-state index >= 15 is 0 Å². The van der Waals surface area contributed by atoms with Crippen LogP contribution < -0.4 is 4.74 Å². The van der Waals surface area contributed by atoms with E-state index in [2.05, 4.69) is 9.88 Å². The van der Waals surface area contributed by atoms with Crippen LogP contribution in [0.3, 0.4) is 0 Å². The molecule has 0 saturated carbocycles. The molecule has 82 valence electrons. The van der Waals surface area contributed by atoms with Gasteiger partial charge in [0.25, 0.3) is 0 Å². The summed E-state index contributed by atoms with van der Waals surface area (Å²) in [6, 6.07) is 5.75. The van der Waals surface area contributed by atoms with Crippen LogP contribution in [0.15, 0.2) is 18.2 Å². The van der Waals surface area contributed by atoms with Gasteiger partial charge in [-0.15, -0.1) is 0 Å². The molecule has 0 unspecified atom stereocenters. The summed E-state index contributed by atoms with van der Waals surface area (Å²) < 4.78 is 5.06. The predicted molar refractivity (Wildman–Crippen MR) is 56.7 cm³/mol. The molecule has 2 heterocycles. The van der Waals surface area contributed by atoms with Crippen molar-refractivity contribution in [2.75, 3.05) is 20.2 Å². The minimum Gasteiger partial charge on any atom is -0.481 e. The van der Waals surface area contributed by atoms with Crippen molar-refractivity contribution in [2.45, 2.75) is 19.1 Å². The van der Waals surface area contributed by atoms with Gasteiger partial charge < -0.3 is 9.84 Å². The van der Waals surface area contributed by atoms with Crippen LogP contribution in [0.1, 0.15) is 12.1 Å². The summed E-state index contributed by atoms with van der Waals surface area (Å²) in [6.07, 6.45) is 0.694. The van der Waals surface area contributed by atoms with Gasteiger partial charge in [0.05, 0.1) is 18.9 Å². The minimum absolute atomic E-state index is 0.171. The van der Waals surface area contributed by atoms with Crippen LogP contribution in [-0.4, -0.2) is 41.3 Å². The largest absolute Gasteiger partial charge is 0.481 e. The molecule has 1 aliphatic rings. The standard InChI is InChI=1S/C11H16N2O2/c1-15-11-4-2-3-9(12-11)7-13-6-5-10(14)8-13/h2-4,10,14H,5-8H2,1H3/t10-/m1/s1. The van der Waals surface area contributed by atoms with E-state index in [9.17, 15) is 5.11 Å². The van der Waals surface area contributed by atoms with Gasteiger partial charge in [-0.1, -0.05) is 6.07 Å². The fourth-order valence-corrected chi connectivity index (χ4v) is 1.84. The van der Waals surface area contributed by atoms with Crippen molar-refractivity contribution in [3.05, 3.63) is 23.9 Å². The summed E-state index contributed by atoms with van der Waals surface area (Å²) in [5.41, 5.74) is 0.989. The Bertz CT molecular complexity index is 330. The number of hydrogen-bond acceptors (Lipinski definition) is 4. The molecule has 4 nitrogen and oxygen atoms in total. The first-order chi connectivity index (χ1) is 7.28. The van der Waals surface area contributed by atoms with E-state index in [4.69, 9.17) is 4.74 Å². The molecule has 0 amide bonds. The number of methoxy groups -OCH3 is 1. The molecule has 1 aromatic heterocycles. The molecule has 1 aromatic rings. The molecule has 4 heteroatoms. The average Bonchev–Trinajstić information content (AvgIpc) is 2.64. The number of aliphatic hydroxyl groups excluding tert-OH is 1. The number of ether oxygens (including phenoxy) is 1. The summed E-state index contributed by atoms with van der Waals surface area (Å²) in [4.78, 5) is 6.54. The molecule has 1 N–H and O–H groups in total. The molecule has 0 aromatic carbocycles. The third-order valence-electron chi connectivity index (χ3n) is 2.62. The molecule has 15 heavy (non-hydrogen) atoms. The highest BCUT2D eigenvalue weighted by atomic mass is 16.5. The lowest BCUT2D eigenvalue weighted by Crippen LogP contribution is -2.22. The van der Waals surface area contributed by atoms with Gasteiger partial charge in [-0.25, -0.2) is 4.98 Å². The summed E-state index contributed by atoms with van der Waals surface area (Å²) in [5, 5.41) is 9.39. The highest BCUT2D eigenvalue weighted by Crippen LogP contribution is 2.14. The van der Waals surface area contributed by atoms with Crippen molar-refractivity contribution in [2.24, 2.45) is 0 Å². The zero-order valence-corrected chi connectivity index (χ0v) is 8.89. The number of hydrogen-bond donors (Lipinski definition) is 1. The van der Waals surface area contributed by atoms with E-state index in [0.29, 0.717) is 5.88 Å². The van der Waals surface area contributed by atoms with Crippen molar-refractivity contribution in [1.82, 2.24) is 9.88 Å². The van der Waals surface area contributed by atoms with Crippen molar-refractivity contribution >= 4 is 0 Å². The van der Waals surface area contributed by atoms with Crippen LogP contribution in [0.4, 0.5) is 0 Å². The first-order valence-electron chi connectivity index (χ1n) is 5.18. The Morgan fingerprint density at radius 3 is 3.13 bits per heavy atom. The predicted octanol–water partition coefficient (Wildman–Crippen LogP) is 0.657. The number of likely N-dealkylation sites (tertiary alicyclic amines) is 1. The van der Waals surface area contributed by atoms with Crippen LogP contribution in [0.5, 0.6) is 5.88 Å². The molecule has 0 bridgehead atoms. The minimum atomic E-state index is -0.171. The molecule has 1 aliphatic heterocycles. The molecule has 2 rings (SSSR count). The SMILES string of the molecule is COc1cccc(CN2CC[C@@H](O)C2)n1.